The Morgan fingerprint density at radius 2 is 1.17 bits per heavy atom. The van der Waals surface area contributed by atoms with Gasteiger partial charge in [0, 0.05) is 38.6 Å². The summed E-state index contributed by atoms with van der Waals surface area (Å²) in [6.07, 6.45) is 13.4. The van der Waals surface area contributed by atoms with E-state index in [9.17, 15) is 0 Å². The number of fused-ring (bicyclic) bond motifs is 10. The van der Waals surface area contributed by atoms with E-state index in [1.807, 2.05) is 54.6 Å². The van der Waals surface area contributed by atoms with Gasteiger partial charge in [-0.15, -0.1) is 0 Å². The number of aromatic nitrogens is 5. The largest absolute Gasteiger partial charge is 0.452 e. The molecular formula is C65H49N5O. The zero-order valence-corrected chi connectivity index (χ0v) is 40.1. The Morgan fingerprint density at radius 1 is 0.521 bits per heavy atom. The lowest BCUT2D eigenvalue weighted by atomic mass is 9.55. The highest BCUT2D eigenvalue weighted by Crippen LogP contribution is 2.63. The average Bonchev–Trinajstić information content (AvgIpc) is 3.96. The Kier molecular flexibility index (Phi) is 9.89. The van der Waals surface area contributed by atoms with E-state index in [0.717, 1.165) is 79.5 Å². The van der Waals surface area contributed by atoms with Crippen LogP contribution >= 0.6 is 0 Å². The highest BCUT2D eigenvalue weighted by atomic mass is 16.3. The molecule has 3 aromatic heterocycles. The number of hydrogen-bond donors (Lipinski definition) is 0. The summed E-state index contributed by atoms with van der Waals surface area (Å²) in [7, 11) is 0. The van der Waals surface area contributed by atoms with Crippen molar-refractivity contribution in [3.05, 3.63) is 239 Å². The van der Waals surface area contributed by atoms with Crippen molar-refractivity contribution in [1.29, 1.82) is 0 Å². The summed E-state index contributed by atoms with van der Waals surface area (Å²) in [6.45, 7) is 9.18. The minimum atomic E-state index is -0.642. The lowest BCUT2D eigenvalue weighted by Crippen LogP contribution is -2.40. The van der Waals surface area contributed by atoms with Crippen LogP contribution in [0.4, 0.5) is 0 Å². The normalized spacial score (nSPS) is 16.7. The highest BCUT2D eigenvalue weighted by Gasteiger charge is 2.53. The van der Waals surface area contributed by atoms with Gasteiger partial charge >= 0.3 is 0 Å². The molecule has 10 aromatic rings. The number of furan rings is 1. The van der Waals surface area contributed by atoms with Crippen molar-refractivity contribution in [1.82, 2.24) is 24.9 Å². The molecule has 0 aliphatic heterocycles. The predicted molar refractivity (Wildman–Crippen MR) is 289 cm³/mol. The first-order valence-corrected chi connectivity index (χ1v) is 24.6. The summed E-state index contributed by atoms with van der Waals surface area (Å²) in [6, 6.07) is 59.8. The Labute approximate surface area is 413 Å². The number of hydrogen-bond acceptors (Lipinski definition) is 6. The predicted octanol–water partition coefficient (Wildman–Crippen LogP) is 16.1. The maximum atomic E-state index is 6.67. The Morgan fingerprint density at radius 3 is 1.92 bits per heavy atom. The Bertz CT molecular complexity index is 3870. The lowest BCUT2D eigenvalue weighted by Gasteiger charge is -2.47. The molecule has 0 bridgehead atoms. The van der Waals surface area contributed by atoms with E-state index >= 15 is 0 Å². The van der Waals surface area contributed by atoms with Crippen molar-refractivity contribution in [2.24, 2.45) is 0 Å². The molecule has 0 N–H and O–H groups in total. The summed E-state index contributed by atoms with van der Waals surface area (Å²) in [5.41, 5.74) is 18.8. The molecule has 6 nitrogen and oxygen atoms in total. The topological polar surface area (TPSA) is 77.6 Å². The molecule has 6 heteroatoms. The molecule has 3 heterocycles. The van der Waals surface area contributed by atoms with Crippen LogP contribution in [-0.4, -0.2) is 24.9 Å². The van der Waals surface area contributed by atoms with Crippen LogP contribution in [0, 0.1) is 0 Å². The van der Waals surface area contributed by atoms with Crippen LogP contribution in [0.5, 0.6) is 0 Å². The second-order valence-corrected chi connectivity index (χ2v) is 19.4. The van der Waals surface area contributed by atoms with Crippen LogP contribution in [0.3, 0.4) is 0 Å². The average molecular weight is 916 g/mol. The maximum absolute atomic E-state index is 6.67. The van der Waals surface area contributed by atoms with E-state index in [4.69, 9.17) is 29.3 Å². The van der Waals surface area contributed by atoms with Gasteiger partial charge < -0.3 is 4.42 Å². The molecule has 13 rings (SSSR count). The van der Waals surface area contributed by atoms with Gasteiger partial charge in [-0.25, -0.2) is 24.9 Å². The molecule has 71 heavy (non-hydrogen) atoms. The van der Waals surface area contributed by atoms with E-state index in [-0.39, 0.29) is 5.41 Å². The Balaban J connectivity index is 1.10. The monoisotopic (exact) mass is 915 g/mol. The van der Waals surface area contributed by atoms with Crippen LogP contribution in [0.25, 0.3) is 95.6 Å². The van der Waals surface area contributed by atoms with Crippen LogP contribution < -0.4 is 0 Å². The van der Waals surface area contributed by atoms with E-state index in [1.165, 1.54) is 39.0 Å². The van der Waals surface area contributed by atoms with Gasteiger partial charge in [0.1, 0.15) is 16.8 Å². The van der Waals surface area contributed by atoms with Gasteiger partial charge in [0.15, 0.2) is 28.9 Å². The van der Waals surface area contributed by atoms with Gasteiger partial charge in [0.2, 0.25) is 0 Å². The number of rotatable bonds is 7. The van der Waals surface area contributed by atoms with Gasteiger partial charge in [-0.2, -0.15) is 0 Å². The first kappa shape index (κ1) is 42.5. The molecule has 0 radical (unpaired) electrons. The van der Waals surface area contributed by atoms with Crippen molar-refractivity contribution in [3.8, 4) is 67.9 Å². The van der Waals surface area contributed by atoms with Crippen LogP contribution in [0.15, 0.2) is 216 Å². The van der Waals surface area contributed by atoms with Crippen LogP contribution in [0.1, 0.15) is 68.4 Å². The third kappa shape index (κ3) is 6.58. The molecule has 1 atom stereocenters. The fourth-order valence-corrected chi connectivity index (χ4v) is 11.8. The molecule has 3 aliphatic carbocycles. The van der Waals surface area contributed by atoms with Gasteiger partial charge in [0.25, 0.3) is 0 Å². The van der Waals surface area contributed by atoms with Crippen molar-refractivity contribution < 1.29 is 4.42 Å². The number of allylic oxidation sites excluding steroid dienone is 8. The fraction of sp³-hybridized carbons (Fsp3) is 0.123. The summed E-state index contributed by atoms with van der Waals surface area (Å²) < 4.78 is 6.67. The maximum Gasteiger partial charge on any atom is 0.180 e. The Hall–Kier alpha value is -8.61. The van der Waals surface area contributed by atoms with Crippen molar-refractivity contribution in [3.63, 3.8) is 0 Å². The van der Waals surface area contributed by atoms with Gasteiger partial charge in [-0.05, 0) is 107 Å². The number of para-hydroxylation sites is 1. The summed E-state index contributed by atoms with van der Waals surface area (Å²) in [5.74, 6) is 2.46. The molecular weight excluding hydrogens is 867 g/mol. The SMILES string of the molecule is C/C=C\C1=C(C)C2(c3ccc(-c4nc(-c5cccc(C6=CCCC=C6)c5)c5oc6ccccc6c5n4)cc3-c3c(-c4nc(-c5ccccc5)nc(-c5ccccc5)n4)cccc32)c2ccccc2C1(C)C. The van der Waals surface area contributed by atoms with Crippen molar-refractivity contribution in [2.45, 2.75) is 51.4 Å². The number of benzene rings is 7. The molecule has 0 saturated carbocycles. The van der Waals surface area contributed by atoms with E-state index in [1.54, 1.807) is 0 Å². The first-order valence-electron chi connectivity index (χ1n) is 24.6. The minimum Gasteiger partial charge on any atom is -0.452 e. The first-order chi connectivity index (χ1) is 34.8. The molecule has 340 valence electrons. The van der Waals surface area contributed by atoms with Crippen molar-refractivity contribution >= 4 is 27.6 Å². The molecule has 1 spiro atoms. The molecule has 1 unspecified atom stereocenters. The van der Waals surface area contributed by atoms with Crippen molar-refractivity contribution in [2.75, 3.05) is 0 Å². The second kappa shape index (κ2) is 16.5. The third-order valence-corrected chi connectivity index (χ3v) is 15.0. The summed E-state index contributed by atoms with van der Waals surface area (Å²) in [4.78, 5) is 26.7. The molecule has 0 fully saturated rings. The highest BCUT2D eigenvalue weighted by molar-refractivity contribution is 6.07. The zero-order chi connectivity index (χ0) is 47.8. The zero-order valence-electron chi connectivity index (χ0n) is 40.1. The van der Waals surface area contributed by atoms with E-state index in [2.05, 4.69) is 173 Å². The van der Waals surface area contributed by atoms with Gasteiger partial charge in [-0.3, -0.25) is 0 Å². The molecule has 0 amide bonds. The summed E-state index contributed by atoms with van der Waals surface area (Å²) in [5, 5.41) is 0.950. The quantitative estimate of drug-likeness (QED) is 0.158. The molecule has 3 aliphatic rings. The van der Waals surface area contributed by atoms with E-state index in [0.29, 0.717) is 28.9 Å². The van der Waals surface area contributed by atoms with E-state index < -0.39 is 5.41 Å². The molecule has 0 saturated heterocycles. The summed E-state index contributed by atoms with van der Waals surface area (Å²) >= 11 is 0. The molecule has 7 aromatic carbocycles. The standard InChI is InChI=1S/C65H49N5O/c1-5-21-50-40(2)65(53-33-17-16-32-52(53)64(50,3)4)51-37-36-46(62-66-57(59-58(67-62)47-30-15-18-35-55(47)71-59)45-29-19-28-44(38-45)41-22-9-6-10-23-41)39-49(51)56-48(31-20-34-54(56)65)63-69-60(42-24-11-7-12-25-42)68-61(70-63)43-26-13-8-14-27-43/h5,7-9,11-39H,6,10H2,1-4H3/b21-5-. The van der Waals surface area contributed by atoms with Crippen LogP contribution in [-0.2, 0) is 10.8 Å². The lowest BCUT2D eigenvalue weighted by molar-refractivity contribution is 0.558. The number of nitrogens with zero attached hydrogens (tertiary/aromatic N) is 5. The smallest absolute Gasteiger partial charge is 0.180 e. The fourth-order valence-electron chi connectivity index (χ4n) is 11.8. The second-order valence-electron chi connectivity index (χ2n) is 19.4. The minimum absolute atomic E-state index is 0.254. The van der Waals surface area contributed by atoms with Gasteiger partial charge in [-0.1, -0.05) is 190 Å². The van der Waals surface area contributed by atoms with Crippen LogP contribution in [0.2, 0.25) is 0 Å². The van der Waals surface area contributed by atoms with Gasteiger partial charge in [0.05, 0.1) is 5.41 Å². The third-order valence-electron chi connectivity index (χ3n) is 15.0.